The Morgan fingerprint density at radius 3 is 2.67 bits per heavy atom. The highest BCUT2D eigenvalue weighted by molar-refractivity contribution is 6.31. The van der Waals surface area contributed by atoms with E-state index in [1.165, 1.54) is 5.69 Å². The highest BCUT2D eigenvalue weighted by atomic mass is 35.5. The molecule has 0 amide bonds. The maximum Gasteiger partial charge on any atom is 0.421 e. The van der Waals surface area contributed by atoms with Crippen LogP contribution in [-0.2, 0) is 6.67 Å². The Morgan fingerprint density at radius 2 is 1.89 bits per heavy atom. The molecule has 0 atom stereocenters. The smallest absolute Gasteiger partial charge is 0.421 e. The van der Waals surface area contributed by atoms with Crippen molar-refractivity contribution in [3.63, 3.8) is 0 Å². The molecule has 0 N–H and O–H groups in total. The summed E-state index contributed by atoms with van der Waals surface area (Å²) in [4.78, 5) is 16.9. The summed E-state index contributed by atoms with van der Waals surface area (Å²) in [5.41, 5.74) is 2.50. The maximum atomic E-state index is 12.3. The molecule has 7 heteroatoms. The Bertz CT molecular complexity index is 980. The summed E-state index contributed by atoms with van der Waals surface area (Å²) in [7, 11) is 1.67. The lowest BCUT2D eigenvalue weighted by molar-refractivity contribution is 0.228. The van der Waals surface area contributed by atoms with Crippen molar-refractivity contribution in [1.29, 1.82) is 0 Å². The topological polar surface area (TPSA) is 50.9 Å². The van der Waals surface area contributed by atoms with E-state index in [0.717, 1.165) is 43.9 Å². The van der Waals surface area contributed by atoms with Crippen LogP contribution < -0.4 is 15.4 Å². The van der Waals surface area contributed by atoms with Crippen LogP contribution in [0.2, 0.25) is 5.02 Å². The molecule has 2 heterocycles. The summed E-state index contributed by atoms with van der Waals surface area (Å²) in [6.07, 6.45) is 1.03. The Hall–Kier alpha value is -2.44. The maximum absolute atomic E-state index is 12.3. The van der Waals surface area contributed by atoms with Gasteiger partial charge in [-0.25, -0.2) is 4.79 Å². The first-order valence-corrected chi connectivity index (χ1v) is 9.42. The minimum atomic E-state index is -0.344. The summed E-state index contributed by atoms with van der Waals surface area (Å²) in [6.45, 7) is 4.21. The second-order valence-corrected chi connectivity index (χ2v) is 7.14. The highest BCUT2D eigenvalue weighted by Gasteiger charge is 2.18. The van der Waals surface area contributed by atoms with E-state index in [9.17, 15) is 4.79 Å². The van der Waals surface area contributed by atoms with Gasteiger partial charge in [0.1, 0.15) is 5.75 Å². The Labute approximate surface area is 162 Å². The average molecular weight is 388 g/mol. The molecular formula is C20H22ClN3O3. The molecule has 4 rings (SSSR count). The van der Waals surface area contributed by atoms with Gasteiger partial charge in [-0.15, -0.1) is 0 Å². The van der Waals surface area contributed by atoms with Crippen molar-refractivity contribution in [3.05, 3.63) is 58.0 Å². The van der Waals surface area contributed by atoms with Gasteiger partial charge >= 0.3 is 5.76 Å². The van der Waals surface area contributed by atoms with Crippen LogP contribution in [-0.4, -0.2) is 42.8 Å². The third kappa shape index (κ3) is 3.82. The zero-order valence-electron chi connectivity index (χ0n) is 15.2. The molecule has 1 aliphatic rings. The molecule has 1 aromatic heterocycles. The summed E-state index contributed by atoms with van der Waals surface area (Å²) in [5, 5.41) is 0.563. The number of ether oxygens (including phenoxy) is 1. The van der Waals surface area contributed by atoms with Gasteiger partial charge in [0, 0.05) is 43.0 Å². The predicted octanol–water partition coefficient (Wildman–Crippen LogP) is 3.43. The van der Waals surface area contributed by atoms with Crippen LogP contribution in [0.5, 0.6) is 5.75 Å². The number of hydrogen-bond acceptors (Lipinski definition) is 5. The minimum absolute atomic E-state index is 0.344. The summed E-state index contributed by atoms with van der Waals surface area (Å²) < 4.78 is 12.2. The number of oxazole rings is 1. The van der Waals surface area contributed by atoms with E-state index in [-0.39, 0.29) is 5.76 Å². The van der Waals surface area contributed by atoms with Gasteiger partial charge in [-0.1, -0.05) is 11.6 Å². The quantitative estimate of drug-likeness (QED) is 0.686. The van der Waals surface area contributed by atoms with Gasteiger partial charge in [-0.2, -0.15) is 0 Å². The molecule has 0 radical (unpaired) electrons. The van der Waals surface area contributed by atoms with E-state index in [1.54, 1.807) is 23.8 Å². The lowest BCUT2D eigenvalue weighted by atomic mass is 10.2. The van der Waals surface area contributed by atoms with Crippen LogP contribution >= 0.6 is 11.6 Å². The monoisotopic (exact) mass is 387 g/mol. The van der Waals surface area contributed by atoms with E-state index in [4.69, 9.17) is 20.8 Å². The standard InChI is InChI=1S/C20H22ClN3O3/c1-26-17-6-4-16(5-7-17)23-10-2-9-22(11-12-23)14-24-18-8-3-15(21)13-19(18)27-20(24)25/h3-8,13H,2,9-12,14H2,1H3. The molecule has 2 aromatic carbocycles. The Kier molecular flexibility index (Phi) is 5.09. The first kappa shape index (κ1) is 17.9. The Morgan fingerprint density at radius 1 is 1.07 bits per heavy atom. The van der Waals surface area contributed by atoms with Gasteiger partial charge in [0.2, 0.25) is 0 Å². The van der Waals surface area contributed by atoms with Crippen molar-refractivity contribution in [1.82, 2.24) is 9.47 Å². The van der Waals surface area contributed by atoms with Gasteiger partial charge in [0.25, 0.3) is 0 Å². The summed E-state index contributed by atoms with van der Waals surface area (Å²) >= 11 is 5.99. The molecule has 0 unspecified atom stereocenters. The third-order valence-corrected chi connectivity index (χ3v) is 5.23. The van der Waals surface area contributed by atoms with Crippen molar-refractivity contribution >= 4 is 28.4 Å². The minimum Gasteiger partial charge on any atom is -0.497 e. The van der Waals surface area contributed by atoms with Gasteiger partial charge in [-0.3, -0.25) is 9.47 Å². The van der Waals surface area contributed by atoms with Gasteiger partial charge < -0.3 is 14.1 Å². The molecule has 0 saturated carbocycles. The van der Waals surface area contributed by atoms with Crippen molar-refractivity contribution in [2.45, 2.75) is 13.1 Å². The van der Waals surface area contributed by atoms with E-state index in [2.05, 4.69) is 21.9 Å². The number of methoxy groups -OCH3 is 1. The second-order valence-electron chi connectivity index (χ2n) is 6.71. The number of hydrogen-bond donors (Lipinski definition) is 0. The van der Waals surface area contributed by atoms with E-state index < -0.39 is 0 Å². The number of benzene rings is 2. The average Bonchev–Trinajstić information content (AvgIpc) is 2.84. The number of halogens is 1. The normalized spacial score (nSPS) is 15.9. The second kappa shape index (κ2) is 7.66. The van der Waals surface area contributed by atoms with Gasteiger partial charge in [-0.05, 0) is 42.8 Å². The fraction of sp³-hybridized carbons (Fsp3) is 0.350. The molecule has 3 aromatic rings. The first-order valence-electron chi connectivity index (χ1n) is 9.04. The fourth-order valence-electron chi connectivity index (χ4n) is 3.54. The molecule has 0 bridgehead atoms. The van der Waals surface area contributed by atoms with Crippen LogP contribution in [0.1, 0.15) is 6.42 Å². The first-order chi connectivity index (χ1) is 13.1. The molecule has 1 fully saturated rings. The largest absolute Gasteiger partial charge is 0.497 e. The van der Waals surface area contributed by atoms with Crippen LogP contribution in [0, 0.1) is 0 Å². The molecule has 0 spiro atoms. The predicted molar refractivity (Wildman–Crippen MR) is 107 cm³/mol. The van der Waals surface area contributed by atoms with Crippen molar-refractivity contribution < 1.29 is 9.15 Å². The summed E-state index contributed by atoms with van der Waals surface area (Å²) in [5.74, 6) is 0.519. The molecule has 142 valence electrons. The van der Waals surface area contributed by atoms with Gasteiger partial charge in [0.15, 0.2) is 5.58 Å². The lowest BCUT2D eigenvalue weighted by Gasteiger charge is -2.24. The van der Waals surface area contributed by atoms with Crippen LogP contribution in [0.3, 0.4) is 0 Å². The zero-order chi connectivity index (χ0) is 18.8. The highest BCUT2D eigenvalue weighted by Crippen LogP contribution is 2.22. The van der Waals surface area contributed by atoms with Crippen LogP contribution in [0.15, 0.2) is 51.7 Å². The molecular weight excluding hydrogens is 366 g/mol. The van der Waals surface area contributed by atoms with E-state index >= 15 is 0 Å². The van der Waals surface area contributed by atoms with Crippen molar-refractivity contribution in [3.8, 4) is 5.75 Å². The SMILES string of the molecule is COc1ccc(N2CCCN(Cn3c(=O)oc4cc(Cl)ccc43)CC2)cc1. The van der Waals surface area contributed by atoms with Crippen molar-refractivity contribution in [2.75, 3.05) is 38.2 Å². The van der Waals surface area contributed by atoms with Crippen LogP contribution in [0.4, 0.5) is 5.69 Å². The summed E-state index contributed by atoms with van der Waals surface area (Å²) in [6, 6.07) is 13.5. The fourth-order valence-corrected chi connectivity index (χ4v) is 3.70. The zero-order valence-corrected chi connectivity index (χ0v) is 16.0. The third-order valence-electron chi connectivity index (χ3n) is 5.00. The molecule has 1 saturated heterocycles. The number of fused-ring (bicyclic) bond motifs is 1. The van der Waals surface area contributed by atoms with E-state index in [1.807, 2.05) is 18.2 Å². The molecule has 1 aliphatic heterocycles. The molecule has 27 heavy (non-hydrogen) atoms. The van der Waals surface area contributed by atoms with Crippen molar-refractivity contribution in [2.24, 2.45) is 0 Å². The van der Waals surface area contributed by atoms with E-state index in [0.29, 0.717) is 17.3 Å². The number of rotatable bonds is 4. The van der Waals surface area contributed by atoms with Crippen LogP contribution in [0.25, 0.3) is 11.1 Å². The molecule has 6 nitrogen and oxygen atoms in total. The number of anilines is 1. The lowest BCUT2D eigenvalue weighted by Crippen LogP contribution is -2.34. The molecule has 0 aliphatic carbocycles. The number of aromatic nitrogens is 1. The Balaban J connectivity index is 1.47. The van der Waals surface area contributed by atoms with Gasteiger partial charge in [0.05, 0.1) is 19.3 Å². The number of nitrogens with zero attached hydrogens (tertiary/aromatic N) is 3.